The standard InChI is InChI=1S/C18H24ClNS/c1-4-13(3)16(14-9-7-6-8-10-14)17(20-5-2)18-15(19)11-12-21-18/h6-13,16-17,20H,4-5H2,1-3H3. The number of nitrogens with one attached hydrogen (secondary N) is 1. The number of thiophene rings is 1. The van der Waals surface area contributed by atoms with Gasteiger partial charge in [0, 0.05) is 10.8 Å². The van der Waals surface area contributed by atoms with Crippen molar-refractivity contribution in [1.82, 2.24) is 5.32 Å². The van der Waals surface area contributed by atoms with E-state index in [1.54, 1.807) is 11.3 Å². The van der Waals surface area contributed by atoms with Crippen LogP contribution in [0.15, 0.2) is 41.8 Å². The zero-order valence-corrected chi connectivity index (χ0v) is 14.5. The van der Waals surface area contributed by atoms with E-state index in [4.69, 9.17) is 11.6 Å². The van der Waals surface area contributed by atoms with Gasteiger partial charge in [-0.1, -0.05) is 69.1 Å². The Morgan fingerprint density at radius 1 is 1.14 bits per heavy atom. The van der Waals surface area contributed by atoms with Gasteiger partial charge in [-0.2, -0.15) is 0 Å². The number of hydrogen-bond donors (Lipinski definition) is 1. The molecule has 1 N–H and O–H groups in total. The summed E-state index contributed by atoms with van der Waals surface area (Å²) in [5.41, 5.74) is 1.39. The highest BCUT2D eigenvalue weighted by molar-refractivity contribution is 7.10. The Morgan fingerprint density at radius 2 is 1.86 bits per heavy atom. The summed E-state index contributed by atoms with van der Waals surface area (Å²) < 4.78 is 0. The Balaban J connectivity index is 2.43. The van der Waals surface area contributed by atoms with E-state index >= 15 is 0 Å². The summed E-state index contributed by atoms with van der Waals surface area (Å²) in [6.07, 6.45) is 1.16. The third kappa shape index (κ3) is 3.88. The van der Waals surface area contributed by atoms with Crippen LogP contribution in [0, 0.1) is 5.92 Å². The fraction of sp³-hybridized carbons (Fsp3) is 0.444. The maximum atomic E-state index is 6.42. The number of benzene rings is 1. The second-order valence-corrected chi connectivity index (χ2v) is 6.85. The third-order valence-electron chi connectivity index (χ3n) is 4.15. The van der Waals surface area contributed by atoms with Crippen molar-refractivity contribution in [3.05, 3.63) is 57.2 Å². The van der Waals surface area contributed by atoms with E-state index in [1.165, 1.54) is 10.4 Å². The fourth-order valence-corrected chi connectivity index (χ4v) is 4.21. The number of likely N-dealkylation sites (N-methyl/N-ethyl adjacent to an activating group) is 1. The predicted molar refractivity (Wildman–Crippen MR) is 94.4 cm³/mol. The molecule has 3 atom stereocenters. The van der Waals surface area contributed by atoms with Crippen LogP contribution in [0.1, 0.15) is 49.6 Å². The molecule has 0 fully saturated rings. The van der Waals surface area contributed by atoms with Crippen LogP contribution >= 0.6 is 22.9 Å². The molecule has 0 saturated heterocycles. The van der Waals surface area contributed by atoms with Crippen LogP contribution in [0.3, 0.4) is 0 Å². The summed E-state index contributed by atoms with van der Waals surface area (Å²) in [7, 11) is 0. The van der Waals surface area contributed by atoms with E-state index in [0.29, 0.717) is 11.8 Å². The van der Waals surface area contributed by atoms with E-state index in [-0.39, 0.29) is 6.04 Å². The fourth-order valence-electron chi connectivity index (χ4n) is 2.91. The largest absolute Gasteiger partial charge is 0.309 e. The second-order valence-electron chi connectivity index (χ2n) is 5.49. The monoisotopic (exact) mass is 321 g/mol. The van der Waals surface area contributed by atoms with Crippen LogP contribution in [0.2, 0.25) is 5.02 Å². The molecular formula is C18H24ClNS. The summed E-state index contributed by atoms with van der Waals surface area (Å²) in [4.78, 5) is 1.26. The van der Waals surface area contributed by atoms with Crippen LogP contribution in [-0.4, -0.2) is 6.54 Å². The molecule has 0 radical (unpaired) electrons. The highest BCUT2D eigenvalue weighted by atomic mass is 35.5. The zero-order chi connectivity index (χ0) is 15.2. The Morgan fingerprint density at radius 3 is 2.38 bits per heavy atom. The molecule has 0 amide bonds. The molecule has 0 saturated carbocycles. The number of hydrogen-bond acceptors (Lipinski definition) is 2. The van der Waals surface area contributed by atoms with E-state index in [2.05, 4.69) is 61.8 Å². The van der Waals surface area contributed by atoms with E-state index in [1.807, 2.05) is 6.07 Å². The minimum atomic E-state index is 0.278. The lowest BCUT2D eigenvalue weighted by molar-refractivity contribution is 0.348. The van der Waals surface area contributed by atoms with Gasteiger partial charge in [0.1, 0.15) is 0 Å². The van der Waals surface area contributed by atoms with Gasteiger partial charge in [0.2, 0.25) is 0 Å². The SMILES string of the molecule is CCNC(c1sccc1Cl)C(c1ccccc1)C(C)CC. The lowest BCUT2D eigenvalue weighted by atomic mass is 9.79. The predicted octanol–water partition coefficient (Wildman–Crippen LogP) is 5.88. The van der Waals surface area contributed by atoms with E-state index < -0.39 is 0 Å². The Bertz CT molecular complexity index is 537. The summed E-state index contributed by atoms with van der Waals surface area (Å²) >= 11 is 8.17. The van der Waals surface area contributed by atoms with Crippen molar-refractivity contribution >= 4 is 22.9 Å². The van der Waals surface area contributed by atoms with Gasteiger partial charge in [-0.15, -0.1) is 11.3 Å². The van der Waals surface area contributed by atoms with Crippen LogP contribution in [0.25, 0.3) is 0 Å². The van der Waals surface area contributed by atoms with Crippen molar-refractivity contribution in [2.45, 2.75) is 39.2 Å². The lowest BCUT2D eigenvalue weighted by Crippen LogP contribution is -2.30. The molecule has 3 heteroatoms. The van der Waals surface area contributed by atoms with Crippen molar-refractivity contribution in [2.75, 3.05) is 6.54 Å². The first kappa shape index (κ1) is 16.5. The van der Waals surface area contributed by atoms with E-state index in [0.717, 1.165) is 18.0 Å². The Hall–Kier alpha value is -0.830. The minimum Gasteiger partial charge on any atom is -0.309 e. The van der Waals surface area contributed by atoms with Gasteiger partial charge in [-0.05, 0) is 29.5 Å². The molecule has 0 aliphatic rings. The molecule has 0 bridgehead atoms. The van der Waals surface area contributed by atoms with Crippen molar-refractivity contribution in [1.29, 1.82) is 0 Å². The van der Waals surface area contributed by atoms with Gasteiger partial charge in [0.25, 0.3) is 0 Å². The van der Waals surface area contributed by atoms with E-state index in [9.17, 15) is 0 Å². The lowest BCUT2D eigenvalue weighted by Gasteiger charge is -2.32. The molecule has 2 rings (SSSR count). The van der Waals surface area contributed by atoms with Crippen LogP contribution in [0.4, 0.5) is 0 Å². The van der Waals surface area contributed by atoms with Gasteiger partial charge in [-0.3, -0.25) is 0 Å². The summed E-state index contributed by atoms with van der Waals surface area (Å²) in [5, 5.41) is 6.63. The third-order valence-corrected chi connectivity index (χ3v) is 5.59. The Kier molecular flexibility index (Phi) is 6.28. The summed E-state index contributed by atoms with van der Waals surface area (Å²) in [6, 6.07) is 13.1. The van der Waals surface area contributed by atoms with Crippen LogP contribution in [0.5, 0.6) is 0 Å². The number of rotatable bonds is 7. The molecule has 3 unspecified atom stereocenters. The average molecular weight is 322 g/mol. The molecule has 0 spiro atoms. The second kappa shape index (κ2) is 7.98. The van der Waals surface area contributed by atoms with Crippen molar-refractivity contribution in [3.63, 3.8) is 0 Å². The molecule has 0 aliphatic heterocycles. The maximum Gasteiger partial charge on any atom is 0.0561 e. The minimum absolute atomic E-state index is 0.278. The molecular weight excluding hydrogens is 298 g/mol. The smallest absolute Gasteiger partial charge is 0.0561 e. The van der Waals surface area contributed by atoms with Crippen LogP contribution < -0.4 is 5.32 Å². The summed E-state index contributed by atoms with van der Waals surface area (Å²) in [6.45, 7) is 7.70. The molecule has 21 heavy (non-hydrogen) atoms. The normalized spacial score (nSPS) is 15.6. The molecule has 1 heterocycles. The first-order valence-corrected chi connectivity index (χ1v) is 8.96. The molecule has 2 aromatic rings. The van der Waals surface area contributed by atoms with Gasteiger partial charge in [-0.25, -0.2) is 0 Å². The summed E-state index contributed by atoms with van der Waals surface area (Å²) in [5.74, 6) is 1.03. The van der Waals surface area contributed by atoms with Crippen molar-refractivity contribution in [3.8, 4) is 0 Å². The number of halogens is 1. The molecule has 114 valence electrons. The molecule has 1 aromatic heterocycles. The van der Waals surface area contributed by atoms with Gasteiger partial charge in [0.05, 0.1) is 11.1 Å². The van der Waals surface area contributed by atoms with Gasteiger partial charge < -0.3 is 5.32 Å². The quantitative estimate of drug-likeness (QED) is 0.671. The molecule has 1 nitrogen and oxygen atoms in total. The first-order chi connectivity index (χ1) is 10.2. The molecule has 1 aromatic carbocycles. The maximum absolute atomic E-state index is 6.42. The molecule has 0 aliphatic carbocycles. The topological polar surface area (TPSA) is 12.0 Å². The van der Waals surface area contributed by atoms with Crippen molar-refractivity contribution in [2.24, 2.45) is 5.92 Å². The highest BCUT2D eigenvalue weighted by Gasteiger charge is 2.30. The Labute approximate surface area is 137 Å². The average Bonchev–Trinajstić information content (AvgIpc) is 2.93. The van der Waals surface area contributed by atoms with Gasteiger partial charge >= 0.3 is 0 Å². The zero-order valence-electron chi connectivity index (χ0n) is 13.0. The van der Waals surface area contributed by atoms with Gasteiger partial charge in [0.15, 0.2) is 0 Å². The van der Waals surface area contributed by atoms with Crippen LogP contribution in [-0.2, 0) is 0 Å². The van der Waals surface area contributed by atoms with Crippen molar-refractivity contribution < 1.29 is 0 Å². The first-order valence-electron chi connectivity index (χ1n) is 7.70. The highest BCUT2D eigenvalue weighted by Crippen LogP contribution is 2.42.